The highest BCUT2D eigenvalue weighted by molar-refractivity contribution is 5.81. The molecule has 138 valence electrons. The summed E-state index contributed by atoms with van der Waals surface area (Å²) in [5, 5.41) is 4.75. The van der Waals surface area contributed by atoms with Crippen molar-refractivity contribution in [2.45, 2.75) is 18.9 Å². The number of nitrogens with zero attached hydrogens (tertiary/aromatic N) is 4. The molecule has 1 atom stereocenters. The summed E-state index contributed by atoms with van der Waals surface area (Å²) in [6.07, 6.45) is 1.30. The van der Waals surface area contributed by atoms with E-state index in [1.54, 1.807) is 0 Å². The van der Waals surface area contributed by atoms with E-state index in [2.05, 4.69) is 29.2 Å². The van der Waals surface area contributed by atoms with Crippen LogP contribution >= 0.6 is 0 Å². The number of hydrogen-bond acceptors (Lipinski definition) is 4. The zero-order valence-corrected chi connectivity index (χ0v) is 15.5. The van der Waals surface area contributed by atoms with Gasteiger partial charge in [0.25, 0.3) is 5.91 Å². The highest BCUT2D eigenvalue weighted by Crippen LogP contribution is 2.28. The first-order valence-corrected chi connectivity index (χ1v) is 9.32. The molecule has 0 radical (unpaired) electrons. The van der Waals surface area contributed by atoms with Crippen molar-refractivity contribution in [3.05, 3.63) is 41.6 Å². The lowest BCUT2D eigenvalue weighted by atomic mass is 10.0. The molecule has 1 unspecified atom stereocenters. The monoisotopic (exact) mass is 354 g/mol. The SMILES string of the molecule is CN1CCOC(C(=O)N2CCc3nn(C)c(-c4ccccc4)c3CC2)C1. The number of morpholine rings is 1. The van der Waals surface area contributed by atoms with E-state index in [9.17, 15) is 4.79 Å². The van der Waals surface area contributed by atoms with Crippen LogP contribution < -0.4 is 0 Å². The Morgan fingerprint density at radius 1 is 1.12 bits per heavy atom. The van der Waals surface area contributed by atoms with Crippen molar-refractivity contribution in [2.24, 2.45) is 7.05 Å². The van der Waals surface area contributed by atoms with Crippen LogP contribution in [-0.4, -0.2) is 71.4 Å². The Labute approximate surface area is 154 Å². The van der Waals surface area contributed by atoms with Gasteiger partial charge in [0.2, 0.25) is 0 Å². The summed E-state index contributed by atoms with van der Waals surface area (Å²) >= 11 is 0. The molecule has 1 saturated heterocycles. The molecule has 0 bridgehead atoms. The van der Waals surface area contributed by atoms with Crippen LogP contribution in [0.1, 0.15) is 11.3 Å². The van der Waals surface area contributed by atoms with Gasteiger partial charge in [-0.15, -0.1) is 0 Å². The largest absolute Gasteiger partial charge is 0.366 e. The van der Waals surface area contributed by atoms with E-state index in [-0.39, 0.29) is 12.0 Å². The minimum Gasteiger partial charge on any atom is -0.366 e. The van der Waals surface area contributed by atoms with Crippen LogP contribution in [0.5, 0.6) is 0 Å². The first-order chi connectivity index (χ1) is 12.6. The van der Waals surface area contributed by atoms with Crippen LogP contribution in [0.3, 0.4) is 0 Å². The highest BCUT2D eigenvalue weighted by Gasteiger charge is 2.31. The summed E-state index contributed by atoms with van der Waals surface area (Å²) in [5.41, 5.74) is 4.74. The van der Waals surface area contributed by atoms with Gasteiger partial charge in [0.1, 0.15) is 6.10 Å². The highest BCUT2D eigenvalue weighted by atomic mass is 16.5. The van der Waals surface area contributed by atoms with Gasteiger partial charge in [0.15, 0.2) is 0 Å². The lowest BCUT2D eigenvalue weighted by Crippen LogP contribution is -2.50. The number of aryl methyl sites for hydroxylation is 1. The minimum absolute atomic E-state index is 0.118. The Morgan fingerprint density at radius 3 is 2.65 bits per heavy atom. The van der Waals surface area contributed by atoms with Crippen LogP contribution in [0.4, 0.5) is 0 Å². The van der Waals surface area contributed by atoms with Crippen LogP contribution in [0.25, 0.3) is 11.3 Å². The van der Waals surface area contributed by atoms with Gasteiger partial charge < -0.3 is 14.5 Å². The topological polar surface area (TPSA) is 50.6 Å². The number of fused-ring (bicyclic) bond motifs is 1. The van der Waals surface area contributed by atoms with Gasteiger partial charge in [-0.05, 0) is 13.5 Å². The van der Waals surface area contributed by atoms with Crippen molar-refractivity contribution in [2.75, 3.05) is 39.8 Å². The molecular formula is C20H26N4O2. The van der Waals surface area contributed by atoms with E-state index in [0.717, 1.165) is 31.6 Å². The molecule has 0 N–H and O–H groups in total. The predicted molar refractivity (Wildman–Crippen MR) is 99.9 cm³/mol. The van der Waals surface area contributed by atoms with E-state index in [0.29, 0.717) is 19.7 Å². The summed E-state index contributed by atoms with van der Waals surface area (Å²) in [6.45, 7) is 3.63. The quantitative estimate of drug-likeness (QED) is 0.817. The summed E-state index contributed by atoms with van der Waals surface area (Å²) in [6, 6.07) is 10.4. The van der Waals surface area contributed by atoms with Crippen molar-refractivity contribution >= 4 is 5.91 Å². The third-order valence-corrected chi connectivity index (χ3v) is 5.38. The molecule has 6 heteroatoms. The van der Waals surface area contributed by atoms with Gasteiger partial charge in [-0.1, -0.05) is 30.3 Å². The van der Waals surface area contributed by atoms with Crippen molar-refractivity contribution in [1.82, 2.24) is 19.6 Å². The summed E-state index contributed by atoms with van der Waals surface area (Å²) in [4.78, 5) is 17.0. The molecule has 2 aliphatic rings. The predicted octanol–water partition coefficient (Wildman–Crippen LogP) is 1.34. The fraction of sp³-hybridized carbons (Fsp3) is 0.500. The maximum atomic E-state index is 12.9. The van der Waals surface area contributed by atoms with Crippen molar-refractivity contribution in [1.29, 1.82) is 0 Å². The average Bonchev–Trinajstić information content (AvgIpc) is 2.83. The number of ether oxygens (including phenoxy) is 1. The van der Waals surface area contributed by atoms with Gasteiger partial charge in [0, 0.05) is 50.8 Å². The number of aromatic nitrogens is 2. The number of carbonyl (C=O) groups is 1. The Kier molecular flexibility index (Phi) is 4.78. The standard InChI is InChI=1S/C20H26N4O2/c1-22-12-13-26-18(14-22)20(25)24-10-8-16-17(9-11-24)21-23(2)19(16)15-6-4-3-5-7-15/h3-7,18H,8-14H2,1-2H3. The molecule has 2 aromatic rings. The van der Waals surface area contributed by atoms with Crippen LogP contribution in [0.15, 0.2) is 30.3 Å². The minimum atomic E-state index is -0.334. The van der Waals surface area contributed by atoms with E-state index in [1.165, 1.54) is 16.8 Å². The molecule has 2 aliphatic heterocycles. The van der Waals surface area contributed by atoms with Crippen molar-refractivity contribution in [3.8, 4) is 11.3 Å². The second kappa shape index (κ2) is 7.21. The van der Waals surface area contributed by atoms with Gasteiger partial charge in [-0.25, -0.2) is 0 Å². The van der Waals surface area contributed by atoms with E-state index in [4.69, 9.17) is 9.84 Å². The molecule has 1 fully saturated rings. The van der Waals surface area contributed by atoms with Gasteiger partial charge >= 0.3 is 0 Å². The Morgan fingerprint density at radius 2 is 1.88 bits per heavy atom. The molecule has 4 rings (SSSR count). The third-order valence-electron chi connectivity index (χ3n) is 5.38. The number of rotatable bonds is 2. The van der Waals surface area contributed by atoms with Crippen LogP contribution in [-0.2, 0) is 29.4 Å². The van der Waals surface area contributed by atoms with Gasteiger partial charge in [-0.3, -0.25) is 9.48 Å². The maximum Gasteiger partial charge on any atom is 0.253 e. The van der Waals surface area contributed by atoms with Gasteiger partial charge in [0.05, 0.1) is 18.0 Å². The van der Waals surface area contributed by atoms with Crippen molar-refractivity contribution < 1.29 is 9.53 Å². The summed E-state index contributed by atoms with van der Waals surface area (Å²) < 4.78 is 7.71. The number of hydrogen-bond donors (Lipinski definition) is 0. The van der Waals surface area contributed by atoms with Crippen LogP contribution in [0.2, 0.25) is 0 Å². The number of carbonyl (C=O) groups excluding carboxylic acids is 1. The zero-order chi connectivity index (χ0) is 18.1. The Bertz CT molecular complexity index is 787. The average molecular weight is 354 g/mol. The first-order valence-electron chi connectivity index (χ1n) is 9.32. The second-order valence-corrected chi connectivity index (χ2v) is 7.21. The molecule has 26 heavy (non-hydrogen) atoms. The third kappa shape index (κ3) is 3.27. The van der Waals surface area contributed by atoms with Gasteiger partial charge in [-0.2, -0.15) is 5.10 Å². The Balaban J connectivity index is 1.53. The van der Waals surface area contributed by atoms with E-state index < -0.39 is 0 Å². The Hall–Kier alpha value is -2.18. The first kappa shape index (κ1) is 17.2. The molecular weight excluding hydrogens is 328 g/mol. The smallest absolute Gasteiger partial charge is 0.253 e. The molecule has 0 saturated carbocycles. The normalized spacial score (nSPS) is 21.3. The van der Waals surface area contributed by atoms with E-state index in [1.807, 2.05) is 29.7 Å². The number of amides is 1. The fourth-order valence-corrected chi connectivity index (χ4v) is 3.99. The van der Waals surface area contributed by atoms with Crippen LogP contribution in [0, 0.1) is 0 Å². The molecule has 1 aromatic heterocycles. The lowest BCUT2D eigenvalue weighted by Gasteiger charge is -2.32. The number of benzene rings is 1. The molecule has 6 nitrogen and oxygen atoms in total. The molecule has 0 spiro atoms. The lowest BCUT2D eigenvalue weighted by molar-refractivity contribution is -0.148. The second-order valence-electron chi connectivity index (χ2n) is 7.21. The summed E-state index contributed by atoms with van der Waals surface area (Å²) in [7, 11) is 4.04. The molecule has 1 aromatic carbocycles. The summed E-state index contributed by atoms with van der Waals surface area (Å²) in [5.74, 6) is 0.118. The number of likely N-dealkylation sites (N-methyl/N-ethyl adjacent to an activating group) is 1. The zero-order valence-electron chi connectivity index (χ0n) is 15.5. The maximum absolute atomic E-state index is 12.9. The fourth-order valence-electron chi connectivity index (χ4n) is 3.99. The van der Waals surface area contributed by atoms with E-state index >= 15 is 0 Å². The molecule has 1 amide bonds. The molecule has 0 aliphatic carbocycles. The molecule has 3 heterocycles. The van der Waals surface area contributed by atoms with Crippen molar-refractivity contribution in [3.63, 3.8) is 0 Å².